The lowest BCUT2D eigenvalue weighted by Crippen LogP contribution is -1.96. The number of hydrogen-bond acceptors (Lipinski definition) is 4. The van der Waals surface area contributed by atoms with E-state index in [0.717, 1.165) is 28.2 Å². The molecule has 84 valence electrons. The van der Waals surface area contributed by atoms with Crippen LogP contribution in [0.5, 0.6) is 0 Å². The molecule has 0 fully saturated rings. The Morgan fingerprint density at radius 3 is 2.88 bits per heavy atom. The first kappa shape index (κ1) is 9.77. The number of anilines is 2. The molecule has 3 aromatic heterocycles. The van der Waals surface area contributed by atoms with Crippen molar-refractivity contribution in [3.05, 3.63) is 42.4 Å². The quantitative estimate of drug-likeness (QED) is 0.702. The molecule has 0 aliphatic heterocycles. The number of aryl methyl sites for hydroxylation is 1. The van der Waals surface area contributed by atoms with Crippen molar-refractivity contribution < 1.29 is 0 Å². The molecule has 2 N–H and O–H groups in total. The van der Waals surface area contributed by atoms with E-state index in [9.17, 15) is 0 Å². The highest BCUT2D eigenvalue weighted by atomic mass is 15.1. The van der Waals surface area contributed by atoms with Crippen molar-refractivity contribution >= 4 is 22.5 Å². The first-order valence-electron chi connectivity index (χ1n) is 5.32. The summed E-state index contributed by atoms with van der Waals surface area (Å²) in [7, 11) is 0. The monoisotopic (exact) mass is 225 g/mol. The minimum absolute atomic E-state index is 0.771. The van der Waals surface area contributed by atoms with E-state index in [1.165, 1.54) is 0 Å². The SMILES string of the molecule is Cc1n[nH]c2ccnc(Nc3ccccn3)c12. The zero-order valence-electron chi connectivity index (χ0n) is 9.31. The fraction of sp³-hybridized carbons (Fsp3) is 0.0833. The van der Waals surface area contributed by atoms with E-state index in [0.29, 0.717) is 0 Å². The summed E-state index contributed by atoms with van der Waals surface area (Å²) in [5.41, 5.74) is 1.89. The lowest BCUT2D eigenvalue weighted by atomic mass is 10.2. The first-order chi connectivity index (χ1) is 8.34. The molecule has 0 spiro atoms. The van der Waals surface area contributed by atoms with Gasteiger partial charge in [0.25, 0.3) is 0 Å². The number of nitrogens with zero attached hydrogens (tertiary/aromatic N) is 3. The van der Waals surface area contributed by atoms with Crippen LogP contribution in [0.25, 0.3) is 10.9 Å². The van der Waals surface area contributed by atoms with Gasteiger partial charge in [-0.3, -0.25) is 5.10 Å². The molecule has 3 aromatic rings. The number of aromatic nitrogens is 4. The van der Waals surface area contributed by atoms with E-state index >= 15 is 0 Å². The maximum absolute atomic E-state index is 4.32. The second-order valence-electron chi connectivity index (χ2n) is 3.73. The van der Waals surface area contributed by atoms with Crippen LogP contribution in [0.2, 0.25) is 0 Å². The molecule has 0 amide bonds. The van der Waals surface area contributed by atoms with Gasteiger partial charge in [-0.15, -0.1) is 0 Å². The summed E-state index contributed by atoms with van der Waals surface area (Å²) in [4.78, 5) is 8.54. The standard InChI is InChI=1S/C12H11N5/c1-8-11-9(17-16-8)5-7-14-12(11)15-10-4-2-3-6-13-10/h2-7H,1H3,(H,16,17)(H,13,14,15). The molecule has 0 aromatic carbocycles. The van der Waals surface area contributed by atoms with Gasteiger partial charge in [0.1, 0.15) is 11.6 Å². The molecule has 0 unspecified atom stereocenters. The lowest BCUT2D eigenvalue weighted by Gasteiger charge is -2.05. The topological polar surface area (TPSA) is 66.5 Å². The van der Waals surface area contributed by atoms with Crippen molar-refractivity contribution in [3.8, 4) is 0 Å². The lowest BCUT2D eigenvalue weighted by molar-refractivity contribution is 1.07. The first-order valence-corrected chi connectivity index (χ1v) is 5.32. The zero-order valence-corrected chi connectivity index (χ0v) is 9.31. The van der Waals surface area contributed by atoms with E-state index in [4.69, 9.17) is 0 Å². The molecular formula is C12H11N5. The third kappa shape index (κ3) is 1.71. The molecule has 0 saturated carbocycles. The third-order valence-corrected chi connectivity index (χ3v) is 2.57. The van der Waals surface area contributed by atoms with Gasteiger partial charge in [-0.2, -0.15) is 5.10 Å². The number of pyridine rings is 2. The van der Waals surface area contributed by atoms with Gasteiger partial charge in [0.15, 0.2) is 0 Å². The summed E-state index contributed by atoms with van der Waals surface area (Å²) >= 11 is 0. The Morgan fingerprint density at radius 1 is 1.12 bits per heavy atom. The molecule has 0 atom stereocenters. The van der Waals surface area contributed by atoms with Gasteiger partial charge in [-0.25, -0.2) is 9.97 Å². The molecule has 0 aliphatic carbocycles. The van der Waals surface area contributed by atoms with Crippen LogP contribution < -0.4 is 5.32 Å². The summed E-state index contributed by atoms with van der Waals surface area (Å²) in [6.45, 7) is 1.95. The highest BCUT2D eigenvalue weighted by molar-refractivity contribution is 5.92. The average molecular weight is 225 g/mol. The van der Waals surface area contributed by atoms with Crippen LogP contribution in [0.15, 0.2) is 36.7 Å². The third-order valence-electron chi connectivity index (χ3n) is 2.57. The molecule has 0 radical (unpaired) electrons. The summed E-state index contributed by atoms with van der Waals surface area (Å²) in [5.74, 6) is 1.54. The molecule has 3 rings (SSSR count). The molecule has 0 saturated heterocycles. The second kappa shape index (κ2) is 3.86. The zero-order chi connectivity index (χ0) is 11.7. The van der Waals surface area contributed by atoms with Crippen LogP contribution in [-0.2, 0) is 0 Å². The Bertz CT molecular complexity index is 644. The van der Waals surface area contributed by atoms with Crippen LogP contribution in [0.3, 0.4) is 0 Å². The van der Waals surface area contributed by atoms with Gasteiger partial charge in [-0.1, -0.05) is 6.07 Å². The Hall–Kier alpha value is -2.43. The van der Waals surface area contributed by atoms with E-state index in [-0.39, 0.29) is 0 Å². The van der Waals surface area contributed by atoms with Crippen LogP contribution in [-0.4, -0.2) is 20.2 Å². The number of H-pyrrole nitrogens is 1. The predicted octanol–water partition coefficient (Wildman–Crippen LogP) is 2.40. The van der Waals surface area contributed by atoms with Gasteiger partial charge in [-0.05, 0) is 25.1 Å². The van der Waals surface area contributed by atoms with E-state index in [1.807, 2.05) is 31.2 Å². The molecule has 5 heteroatoms. The number of hydrogen-bond donors (Lipinski definition) is 2. The second-order valence-corrected chi connectivity index (χ2v) is 3.73. The normalized spacial score (nSPS) is 10.6. The largest absolute Gasteiger partial charge is 0.324 e. The van der Waals surface area contributed by atoms with Gasteiger partial charge in [0.2, 0.25) is 0 Å². The van der Waals surface area contributed by atoms with E-state index in [2.05, 4.69) is 25.5 Å². The maximum Gasteiger partial charge on any atom is 0.142 e. The summed E-state index contributed by atoms with van der Waals surface area (Å²) in [5, 5.41) is 11.3. The van der Waals surface area contributed by atoms with Crippen molar-refractivity contribution in [2.45, 2.75) is 6.92 Å². The smallest absolute Gasteiger partial charge is 0.142 e. The molecule has 0 bridgehead atoms. The fourth-order valence-electron chi connectivity index (χ4n) is 1.77. The Balaban J connectivity index is 2.09. The van der Waals surface area contributed by atoms with Crippen molar-refractivity contribution in [2.24, 2.45) is 0 Å². The van der Waals surface area contributed by atoms with E-state index in [1.54, 1.807) is 12.4 Å². The van der Waals surface area contributed by atoms with Crippen LogP contribution in [0.1, 0.15) is 5.69 Å². The summed E-state index contributed by atoms with van der Waals surface area (Å²) in [6.07, 6.45) is 3.48. The highest BCUT2D eigenvalue weighted by Gasteiger charge is 2.08. The Kier molecular flexibility index (Phi) is 2.22. The summed E-state index contributed by atoms with van der Waals surface area (Å²) in [6, 6.07) is 7.61. The molecular weight excluding hydrogens is 214 g/mol. The molecule has 5 nitrogen and oxygen atoms in total. The van der Waals surface area contributed by atoms with Crippen molar-refractivity contribution in [1.29, 1.82) is 0 Å². The average Bonchev–Trinajstić information content (AvgIpc) is 2.74. The number of rotatable bonds is 2. The van der Waals surface area contributed by atoms with Gasteiger partial charge < -0.3 is 5.32 Å². The van der Waals surface area contributed by atoms with Crippen LogP contribution >= 0.6 is 0 Å². The minimum atomic E-state index is 0.771. The fourth-order valence-corrected chi connectivity index (χ4v) is 1.77. The van der Waals surface area contributed by atoms with Crippen LogP contribution in [0, 0.1) is 6.92 Å². The van der Waals surface area contributed by atoms with Crippen molar-refractivity contribution in [1.82, 2.24) is 20.2 Å². The molecule has 17 heavy (non-hydrogen) atoms. The van der Waals surface area contributed by atoms with E-state index < -0.39 is 0 Å². The summed E-state index contributed by atoms with van der Waals surface area (Å²) < 4.78 is 0. The Labute approximate surface area is 97.9 Å². The van der Waals surface area contributed by atoms with Gasteiger partial charge >= 0.3 is 0 Å². The minimum Gasteiger partial charge on any atom is -0.324 e. The highest BCUT2D eigenvalue weighted by Crippen LogP contribution is 2.24. The number of fused-ring (bicyclic) bond motifs is 1. The van der Waals surface area contributed by atoms with Crippen molar-refractivity contribution in [2.75, 3.05) is 5.32 Å². The van der Waals surface area contributed by atoms with Gasteiger partial charge in [0, 0.05) is 12.4 Å². The molecule has 0 aliphatic rings. The number of aromatic amines is 1. The van der Waals surface area contributed by atoms with Crippen molar-refractivity contribution in [3.63, 3.8) is 0 Å². The molecule has 3 heterocycles. The maximum atomic E-state index is 4.32. The Morgan fingerprint density at radius 2 is 2.06 bits per heavy atom. The van der Waals surface area contributed by atoms with Crippen LogP contribution in [0.4, 0.5) is 11.6 Å². The number of nitrogens with one attached hydrogen (secondary N) is 2. The predicted molar refractivity (Wildman–Crippen MR) is 66.1 cm³/mol. The van der Waals surface area contributed by atoms with Gasteiger partial charge in [0.05, 0.1) is 16.6 Å².